The van der Waals surface area contributed by atoms with E-state index in [0.717, 1.165) is 39.6 Å². The van der Waals surface area contributed by atoms with Crippen LogP contribution in [0.15, 0.2) is 212 Å². The fourth-order valence-corrected chi connectivity index (χ4v) is 7.53. The third-order valence-electron chi connectivity index (χ3n) is 10.3. The zero-order valence-electron chi connectivity index (χ0n) is 30.8. The Kier molecular flexibility index (Phi) is 9.22. The molecule has 0 heterocycles. The number of aryl methyl sites for hydroxylation is 1. The smallest absolute Gasteiger partial charge is 0.0546 e. The molecular formula is C53H40N2. The molecule has 0 fully saturated rings. The van der Waals surface area contributed by atoms with Gasteiger partial charge in [-0.15, -0.1) is 0 Å². The molecule has 0 aliphatic heterocycles. The summed E-state index contributed by atoms with van der Waals surface area (Å²) >= 11 is 0. The largest absolute Gasteiger partial charge is 0.311 e. The lowest BCUT2D eigenvalue weighted by Crippen LogP contribution is -2.10. The number of para-hydroxylation sites is 2. The first-order chi connectivity index (χ1) is 27.2. The van der Waals surface area contributed by atoms with Crippen molar-refractivity contribution in [3.8, 4) is 11.1 Å². The van der Waals surface area contributed by atoms with Gasteiger partial charge in [0.05, 0.1) is 5.69 Å². The number of anilines is 6. The minimum atomic E-state index is 1.12. The molecule has 0 amide bonds. The first kappa shape index (κ1) is 33.7. The molecule has 9 aromatic rings. The maximum absolute atomic E-state index is 2.40. The summed E-state index contributed by atoms with van der Waals surface area (Å²) in [5.74, 6) is 0. The average molecular weight is 705 g/mol. The van der Waals surface area contributed by atoms with E-state index in [0.29, 0.717) is 0 Å². The van der Waals surface area contributed by atoms with E-state index in [1.165, 1.54) is 43.9 Å². The Morgan fingerprint density at radius 3 is 1.40 bits per heavy atom. The number of hydrogen-bond acceptors (Lipinski definition) is 2. The molecule has 9 rings (SSSR count). The van der Waals surface area contributed by atoms with Crippen molar-refractivity contribution in [2.45, 2.75) is 6.92 Å². The highest BCUT2D eigenvalue weighted by Gasteiger charge is 2.18. The Bertz CT molecular complexity index is 2690. The van der Waals surface area contributed by atoms with Crippen LogP contribution < -0.4 is 9.80 Å². The predicted octanol–water partition coefficient (Wildman–Crippen LogP) is 15.1. The summed E-state index contributed by atoms with van der Waals surface area (Å²) in [5.41, 5.74) is 12.7. The van der Waals surface area contributed by atoms with Crippen LogP contribution in [0.1, 0.15) is 16.7 Å². The summed E-state index contributed by atoms with van der Waals surface area (Å²) in [6.07, 6.45) is 4.36. The molecule has 0 aliphatic carbocycles. The summed E-state index contributed by atoms with van der Waals surface area (Å²) in [6.45, 7) is 2.16. The molecule has 262 valence electrons. The van der Waals surface area contributed by atoms with E-state index in [9.17, 15) is 0 Å². The Labute approximate surface area is 323 Å². The summed E-state index contributed by atoms with van der Waals surface area (Å²) in [4.78, 5) is 4.68. The lowest BCUT2D eigenvalue weighted by Gasteiger charge is -2.28. The number of nitrogens with zero attached hydrogens (tertiary/aromatic N) is 2. The molecule has 0 N–H and O–H groups in total. The van der Waals surface area contributed by atoms with Crippen LogP contribution in [0.3, 0.4) is 0 Å². The maximum Gasteiger partial charge on any atom is 0.0546 e. The lowest BCUT2D eigenvalue weighted by molar-refractivity contribution is 1.28. The van der Waals surface area contributed by atoms with Gasteiger partial charge in [0.1, 0.15) is 0 Å². The Morgan fingerprint density at radius 1 is 0.327 bits per heavy atom. The lowest BCUT2D eigenvalue weighted by atomic mass is 9.98. The zero-order valence-corrected chi connectivity index (χ0v) is 30.8. The Morgan fingerprint density at radius 2 is 0.782 bits per heavy atom. The molecule has 0 aliphatic rings. The van der Waals surface area contributed by atoms with Crippen LogP contribution in [0.25, 0.3) is 44.8 Å². The van der Waals surface area contributed by atoms with Crippen LogP contribution >= 0.6 is 0 Å². The normalized spacial score (nSPS) is 11.3. The zero-order chi connectivity index (χ0) is 37.0. The van der Waals surface area contributed by atoms with E-state index >= 15 is 0 Å². The molecular weight excluding hydrogens is 665 g/mol. The van der Waals surface area contributed by atoms with Gasteiger partial charge in [-0.25, -0.2) is 0 Å². The molecule has 0 radical (unpaired) electrons. The SMILES string of the molecule is Cc1cccc(N(c2ccc(-c3ccc(/C=C/c4ccc(N(c5ccccc5)c5ccccc5)cc4)cc3)cc2)c2cc3ccccc3c3ccccc23)c1. The van der Waals surface area contributed by atoms with Gasteiger partial charge < -0.3 is 9.80 Å². The van der Waals surface area contributed by atoms with E-state index in [1.54, 1.807) is 0 Å². The molecule has 0 atom stereocenters. The van der Waals surface area contributed by atoms with Gasteiger partial charge in [0.25, 0.3) is 0 Å². The fourth-order valence-electron chi connectivity index (χ4n) is 7.53. The van der Waals surface area contributed by atoms with Gasteiger partial charge in [-0.1, -0.05) is 158 Å². The highest BCUT2D eigenvalue weighted by Crippen LogP contribution is 2.42. The molecule has 2 nitrogen and oxygen atoms in total. The molecule has 0 aromatic heterocycles. The number of fused-ring (bicyclic) bond motifs is 3. The van der Waals surface area contributed by atoms with Gasteiger partial charge in [-0.3, -0.25) is 0 Å². The first-order valence-corrected chi connectivity index (χ1v) is 18.8. The Hall–Kier alpha value is -7.16. The quantitative estimate of drug-likeness (QED) is 0.109. The van der Waals surface area contributed by atoms with E-state index in [4.69, 9.17) is 0 Å². The number of rotatable bonds is 9. The maximum atomic E-state index is 2.40. The van der Waals surface area contributed by atoms with Crippen molar-refractivity contribution >= 4 is 67.8 Å². The molecule has 0 saturated carbocycles. The third-order valence-corrected chi connectivity index (χ3v) is 10.3. The molecule has 9 aromatic carbocycles. The molecule has 0 spiro atoms. The van der Waals surface area contributed by atoms with Crippen molar-refractivity contribution in [2.75, 3.05) is 9.80 Å². The topological polar surface area (TPSA) is 6.48 Å². The minimum Gasteiger partial charge on any atom is -0.311 e. The van der Waals surface area contributed by atoms with Crippen molar-refractivity contribution in [3.05, 3.63) is 229 Å². The summed E-state index contributed by atoms with van der Waals surface area (Å²) in [5, 5.41) is 4.99. The van der Waals surface area contributed by atoms with Crippen molar-refractivity contribution in [1.29, 1.82) is 0 Å². The van der Waals surface area contributed by atoms with E-state index in [2.05, 4.69) is 241 Å². The summed E-state index contributed by atoms with van der Waals surface area (Å²) < 4.78 is 0. The van der Waals surface area contributed by atoms with Crippen LogP contribution in [0.5, 0.6) is 0 Å². The van der Waals surface area contributed by atoms with Crippen LogP contribution in [0.2, 0.25) is 0 Å². The summed E-state index contributed by atoms with van der Waals surface area (Å²) in [6, 6.07) is 76.1. The fraction of sp³-hybridized carbons (Fsp3) is 0.0189. The minimum absolute atomic E-state index is 1.12. The standard InChI is InChI=1S/C53H40N2/c1-39-13-12-19-49(37-39)55(53-38-44-14-8-9-20-50(44)51-21-10-11-22-52(51)53)48-35-31-43(32-36-48)42-29-25-40(26-30-42)23-24-41-27-33-47(34-28-41)54(45-15-4-2-5-16-45)46-17-6-3-7-18-46/h2-38H,1H3/b24-23+. The molecule has 55 heavy (non-hydrogen) atoms. The second kappa shape index (κ2) is 15.1. The third kappa shape index (κ3) is 7.02. The van der Waals surface area contributed by atoms with Crippen LogP contribution in [-0.2, 0) is 0 Å². The molecule has 0 saturated heterocycles. The van der Waals surface area contributed by atoms with E-state index < -0.39 is 0 Å². The van der Waals surface area contributed by atoms with Crippen molar-refractivity contribution in [3.63, 3.8) is 0 Å². The highest BCUT2D eigenvalue weighted by atomic mass is 15.1. The van der Waals surface area contributed by atoms with E-state index in [1.807, 2.05) is 0 Å². The molecule has 0 bridgehead atoms. The predicted molar refractivity (Wildman–Crippen MR) is 236 cm³/mol. The van der Waals surface area contributed by atoms with Crippen molar-refractivity contribution < 1.29 is 0 Å². The number of benzene rings is 9. The van der Waals surface area contributed by atoms with Crippen molar-refractivity contribution in [2.24, 2.45) is 0 Å². The van der Waals surface area contributed by atoms with Gasteiger partial charge in [-0.2, -0.15) is 0 Å². The van der Waals surface area contributed by atoms with E-state index in [-0.39, 0.29) is 0 Å². The number of hydrogen-bond donors (Lipinski definition) is 0. The van der Waals surface area contributed by atoms with Crippen LogP contribution in [0, 0.1) is 6.92 Å². The molecule has 2 heteroatoms. The molecule has 0 unspecified atom stereocenters. The van der Waals surface area contributed by atoms with Crippen LogP contribution in [-0.4, -0.2) is 0 Å². The highest BCUT2D eigenvalue weighted by molar-refractivity contribution is 6.14. The average Bonchev–Trinajstić information content (AvgIpc) is 3.25. The van der Waals surface area contributed by atoms with Gasteiger partial charge in [0, 0.05) is 33.8 Å². The van der Waals surface area contributed by atoms with Crippen molar-refractivity contribution in [1.82, 2.24) is 0 Å². The van der Waals surface area contributed by atoms with Gasteiger partial charge >= 0.3 is 0 Å². The first-order valence-electron chi connectivity index (χ1n) is 18.8. The van der Waals surface area contributed by atoms with Gasteiger partial charge in [-0.05, 0) is 118 Å². The second-order valence-electron chi connectivity index (χ2n) is 13.9. The Balaban J connectivity index is 0.970. The summed E-state index contributed by atoms with van der Waals surface area (Å²) in [7, 11) is 0. The van der Waals surface area contributed by atoms with Crippen LogP contribution in [0.4, 0.5) is 34.1 Å². The van der Waals surface area contributed by atoms with Gasteiger partial charge in [0.2, 0.25) is 0 Å². The van der Waals surface area contributed by atoms with Gasteiger partial charge in [0.15, 0.2) is 0 Å². The monoisotopic (exact) mass is 704 g/mol. The second-order valence-corrected chi connectivity index (χ2v) is 13.9.